The molecule has 1 amide bonds. The summed E-state index contributed by atoms with van der Waals surface area (Å²) in [6.45, 7) is 4.30. The number of hydrogen-bond acceptors (Lipinski definition) is 6. The van der Waals surface area contributed by atoms with Gasteiger partial charge in [-0.1, -0.05) is 19.1 Å². The summed E-state index contributed by atoms with van der Waals surface area (Å²) in [4.78, 5) is 32.4. The lowest BCUT2D eigenvalue weighted by Crippen LogP contribution is -2.35. The van der Waals surface area contributed by atoms with E-state index >= 15 is 0 Å². The van der Waals surface area contributed by atoms with Gasteiger partial charge >= 0.3 is 5.97 Å². The van der Waals surface area contributed by atoms with Crippen molar-refractivity contribution in [2.24, 2.45) is 7.05 Å². The fourth-order valence-corrected chi connectivity index (χ4v) is 4.57. The highest BCUT2D eigenvalue weighted by Crippen LogP contribution is 2.37. The normalized spacial score (nSPS) is 16.4. The van der Waals surface area contributed by atoms with Crippen LogP contribution in [0.4, 0.5) is 5.69 Å². The van der Waals surface area contributed by atoms with Crippen LogP contribution >= 0.6 is 11.8 Å². The zero-order chi connectivity index (χ0) is 20.5. The number of ether oxygens (including phenoxy) is 1. The predicted octanol–water partition coefficient (Wildman–Crippen LogP) is 3.35. The van der Waals surface area contributed by atoms with E-state index in [-0.39, 0.29) is 12.5 Å². The Morgan fingerprint density at radius 3 is 2.93 bits per heavy atom. The topological polar surface area (TPSA) is 77.3 Å². The van der Waals surface area contributed by atoms with Crippen LogP contribution in [0, 0.1) is 6.92 Å². The summed E-state index contributed by atoms with van der Waals surface area (Å²) in [6.07, 6.45) is 2.33. The van der Waals surface area contributed by atoms with Crippen molar-refractivity contribution in [1.82, 2.24) is 14.8 Å². The molecule has 3 aromatic rings. The molecule has 8 heteroatoms. The number of rotatable bonds is 3. The Labute approximate surface area is 173 Å². The molecule has 4 rings (SSSR count). The molecule has 0 saturated carbocycles. The van der Waals surface area contributed by atoms with Crippen LogP contribution in [-0.2, 0) is 16.6 Å². The number of aryl methyl sites for hydroxylation is 2. The van der Waals surface area contributed by atoms with Crippen LogP contribution in [0.5, 0.6) is 0 Å². The number of hydrogen-bond donors (Lipinski definition) is 0. The molecular formula is C21H22N4O3S. The zero-order valence-corrected chi connectivity index (χ0v) is 17.4. The molecule has 0 aliphatic carbocycles. The lowest BCUT2D eigenvalue weighted by molar-refractivity contribution is -0.121. The van der Waals surface area contributed by atoms with E-state index in [1.54, 1.807) is 34.5 Å². The summed E-state index contributed by atoms with van der Waals surface area (Å²) in [5, 5.41) is 5.51. The SMILES string of the molecule is Cc1nn(C)c2ncc(C(=O)OCC(=O)N3CCC(C)Sc4ccccc43)cc12. The molecule has 7 nitrogen and oxygen atoms in total. The zero-order valence-electron chi connectivity index (χ0n) is 16.6. The first-order chi connectivity index (χ1) is 13.9. The van der Waals surface area contributed by atoms with E-state index < -0.39 is 5.97 Å². The summed E-state index contributed by atoms with van der Waals surface area (Å²) < 4.78 is 6.98. The number of carbonyl (C=O) groups excluding carboxylic acids is 2. The largest absolute Gasteiger partial charge is 0.452 e. The van der Waals surface area contributed by atoms with Crippen LogP contribution in [-0.4, -0.2) is 45.0 Å². The average Bonchev–Trinajstić information content (AvgIpc) is 2.89. The molecule has 29 heavy (non-hydrogen) atoms. The van der Waals surface area contributed by atoms with Gasteiger partial charge in [-0.15, -0.1) is 11.8 Å². The van der Waals surface area contributed by atoms with Gasteiger partial charge in [0.25, 0.3) is 5.91 Å². The first-order valence-electron chi connectivity index (χ1n) is 9.46. The highest BCUT2D eigenvalue weighted by atomic mass is 32.2. The van der Waals surface area contributed by atoms with E-state index in [1.165, 1.54) is 6.20 Å². The molecule has 1 aromatic carbocycles. The van der Waals surface area contributed by atoms with Crippen molar-refractivity contribution in [2.45, 2.75) is 30.4 Å². The maximum absolute atomic E-state index is 12.8. The van der Waals surface area contributed by atoms with E-state index in [4.69, 9.17) is 4.74 Å². The van der Waals surface area contributed by atoms with Crippen molar-refractivity contribution in [3.05, 3.63) is 47.8 Å². The summed E-state index contributed by atoms with van der Waals surface area (Å²) in [7, 11) is 1.80. The number of nitrogens with zero attached hydrogens (tertiary/aromatic N) is 4. The van der Waals surface area contributed by atoms with Crippen molar-refractivity contribution in [2.75, 3.05) is 18.1 Å². The van der Waals surface area contributed by atoms with Gasteiger partial charge in [-0.25, -0.2) is 9.78 Å². The molecule has 0 bridgehead atoms. The van der Waals surface area contributed by atoms with Crippen molar-refractivity contribution in [3.8, 4) is 0 Å². The molecule has 0 saturated heterocycles. The van der Waals surface area contributed by atoms with E-state index in [2.05, 4.69) is 17.0 Å². The van der Waals surface area contributed by atoms with Gasteiger partial charge in [0.2, 0.25) is 0 Å². The van der Waals surface area contributed by atoms with Gasteiger partial charge in [0, 0.05) is 35.3 Å². The van der Waals surface area contributed by atoms with Crippen LogP contribution < -0.4 is 4.90 Å². The van der Waals surface area contributed by atoms with Crippen LogP contribution in [0.3, 0.4) is 0 Å². The number of esters is 1. The van der Waals surface area contributed by atoms with Gasteiger partial charge in [-0.3, -0.25) is 9.48 Å². The third kappa shape index (κ3) is 3.85. The highest BCUT2D eigenvalue weighted by Gasteiger charge is 2.25. The first kappa shape index (κ1) is 19.4. The highest BCUT2D eigenvalue weighted by molar-refractivity contribution is 8.00. The molecule has 150 valence electrons. The quantitative estimate of drug-likeness (QED) is 0.616. The summed E-state index contributed by atoms with van der Waals surface area (Å²) >= 11 is 1.76. The van der Waals surface area contributed by atoms with Gasteiger partial charge in [-0.05, 0) is 31.5 Å². The molecule has 0 radical (unpaired) electrons. The third-order valence-electron chi connectivity index (χ3n) is 4.97. The smallest absolute Gasteiger partial charge is 0.340 e. The number of benzene rings is 1. The fourth-order valence-electron chi connectivity index (χ4n) is 3.45. The molecule has 3 heterocycles. The molecular weight excluding hydrogens is 388 g/mol. The molecule has 1 atom stereocenters. The first-order valence-corrected chi connectivity index (χ1v) is 10.3. The molecule has 1 aliphatic rings. The number of fused-ring (bicyclic) bond motifs is 2. The second kappa shape index (κ2) is 7.87. The van der Waals surface area contributed by atoms with Gasteiger partial charge in [0.05, 0.1) is 16.9 Å². The van der Waals surface area contributed by atoms with Crippen molar-refractivity contribution >= 4 is 40.4 Å². The number of aromatic nitrogens is 3. The Kier molecular flexibility index (Phi) is 5.27. The second-order valence-corrected chi connectivity index (χ2v) is 8.59. The standard InChI is InChI=1S/C21H22N4O3S/c1-13-8-9-25(17-6-4-5-7-18(17)29-13)19(26)12-28-21(27)15-10-16-14(2)23-24(3)20(16)22-11-15/h4-7,10-11,13H,8-9,12H2,1-3H3. The van der Waals surface area contributed by atoms with E-state index in [0.717, 1.165) is 28.1 Å². The van der Waals surface area contributed by atoms with Crippen molar-refractivity contribution in [3.63, 3.8) is 0 Å². The lowest BCUT2D eigenvalue weighted by atomic mass is 10.2. The van der Waals surface area contributed by atoms with Gasteiger partial charge in [0.15, 0.2) is 12.3 Å². The number of para-hydroxylation sites is 1. The van der Waals surface area contributed by atoms with Crippen LogP contribution in [0.1, 0.15) is 29.4 Å². The Hall–Kier alpha value is -2.87. The van der Waals surface area contributed by atoms with Gasteiger partial charge < -0.3 is 9.64 Å². The fraction of sp³-hybridized carbons (Fsp3) is 0.333. The van der Waals surface area contributed by atoms with Crippen LogP contribution in [0.2, 0.25) is 0 Å². The Balaban J connectivity index is 1.48. The summed E-state index contributed by atoms with van der Waals surface area (Å²) in [5.74, 6) is -0.797. The van der Waals surface area contributed by atoms with Crippen LogP contribution in [0.25, 0.3) is 11.0 Å². The molecule has 0 N–H and O–H groups in total. The number of carbonyl (C=O) groups is 2. The number of amides is 1. The minimum atomic E-state index is -0.568. The minimum absolute atomic E-state index is 0.230. The maximum atomic E-state index is 12.8. The van der Waals surface area contributed by atoms with E-state index in [1.807, 2.05) is 31.2 Å². The number of pyridine rings is 1. The summed E-state index contributed by atoms with van der Waals surface area (Å²) in [6, 6.07) is 9.54. The van der Waals surface area contributed by atoms with Gasteiger partial charge in [-0.2, -0.15) is 5.10 Å². The second-order valence-electron chi connectivity index (χ2n) is 7.11. The molecule has 0 fully saturated rings. The predicted molar refractivity (Wildman–Crippen MR) is 112 cm³/mol. The molecule has 1 aliphatic heterocycles. The summed E-state index contributed by atoms with van der Waals surface area (Å²) in [5.41, 5.74) is 2.66. The van der Waals surface area contributed by atoms with E-state index in [0.29, 0.717) is 23.0 Å². The number of thioether (sulfide) groups is 1. The average molecular weight is 410 g/mol. The molecule has 2 aromatic heterocycles. The Morgan fingerprint density at radius 2 is 2.10 bits per heavy atom. The molecule has 1 unspecified atom stereocenters. The van der Waals surface area contributed by atoms with Crippen molar-refractivity contribution < 1.29 is 14.3 Å². The molecule has 0 spiro atoms. The van der Waals surface area contributed by atoms with Crippen molar-refractivity contribution in [1.29, 1.82) is 0 Å². The Morgan fingerprint density at radius 1 is 1.31 bits per heavy atom. The van der Waals surface area contributed by atoms with E-state index in [9.17, 15) is 9.59 Å². The minimum Gasteiger partial charge on any atom is -0.452 e. The monoisotopic (exact) mass is 410 g/mol. The Bertz CT molecular complexity index is 1090. The van der Waals surface area contributed by atoms with Crippen LogP contribution in [0.15, 0.2) is 41.4 Å². The van der Waals surface area contributed by atoms with Gasteiger partial charge in [0.1, 0.15) is 0 Å². The third-order valence-corrected chi connectivity index (χ3v) is 6.21. The maximum Gasteiger partial charge on any atom is 0.340 e. The number of anilines is 1. The lowest BCUT2D eigenvalue weighted by Gasteiger charge is -2.22.